The number of benzene rings is 1. The third-order valence-electron chi connectivity index (χ3n) is 2.94. The molecule has 0 saturated carbocycles. The van der Waals surface area contributed by atoms with Gasteiger partial charge in [0.2, 0.25) is 0 Å². The minimum atomic E-state index is 0.300. The largest absolute Gasteiger partial charge is 0.373 e. The minimum absolute atomic E-state index is 0.300. The van der Waals surface area contributed by atoms with Crippen LogP contribution in [0.4, 0.5) is 0 Å². The molecule has 82 valence electrons. The number of hydrogen-bond donors (Lipinski definition) is 0. The Morgan fingerprint density at radius 1 is 1.27 bits per heavy atom. The molecule has 1 heterocycles. The van der Waals surface area contributed by atoms with E-state index in [0.29, 0.717) is 12.0 Å². The first-order chi connectivity index (χ1) is 7.27. The summed E-state index contributed by atoms with van der Waals surface area (Å²) in [5.41, 5.74) is 1.32. The summed E-state index contributed by atoms with van der Waals surface area (Å²) in [7, 11) is 4.25. The standard InChI is InChI=1S/C13H19NO/c1-14(2)10-12-8-9-15-13(12)11-6-4-3-5-7-11/h3-7,12-13H,8-10H2,1-2H3/t12-,13?/m1/s1. The second kappa shape index (κ2) is 4.77. The Labute approximate surface area is 91.9 Å². The van der Waals surface area contributed by atoms with Gasteiger partial charge in [0.1, 0.15) is 0 Å². The first kappa shape index (κ1) is 10.7. The summed E-state index contributed by atoms with van der Waals surface area (Å²) in [6, 6.07) is 10.6. The molecule has 2 heteroatoms. The Morgan fingerprint density at radius 3 is 2.67 bits per heavy atom. The van der Waals surface area contributed by atoms with Crippen LogP contribution in [0.5, 0.6) is 0 Å². The van der Waals surface area contributed by atoms with Crippen molar-refractivity contribution in [2.75, 3.05) is 27.2 Å². The fourth-order valence-corrected chi connectivity index (χ4v) is 2.30. The number of rotatable bonds is 3. The van der Waals surface area contributed by atoms with Gasteiger partial charge < -0.3 is 9.64 Å². The lowest BCUT2D eigenvalue weighted by atomic mass is 9.95. The summed E-state index contributed by atoms with van der Waals surface area (Å²) in [5.74, 6) is 0.641. The van der Waals surface area contributed by atoms with Crippen LogP contribution in [0.25, 0.3) is 0 Å². The quantitative estimate of drug-likeness (QED) is 0.751. The van der Waals surface area contributed by atoms with E-state index in [1.54, 1.807) is 0 Å². The van der Waals surface area contributed by atoms with E-state index in [1.165, 1.54) is 12.0 Å². The molecular formula is C13H19NO. The fraction of sp³-hybridized carbons (Fsp3) is 0.538. The van der Waals surface area contributed by atoms with Crippen molar-refractivity contribution >= 4 is 0 Å². The van der Waals surface area contributed by atoms with E-state index in [-0.39, 0.29) is 0 Å². The average Bonchev–Trinajstić information content (AvgIpc) is 2.66. The highest BCUT2D eigenvalue weighted by Gasteiger charge is 2.29. The van der Waals surface area contributed by atoms with Crippen molar-refractivity contribution in [2.45, 2.75) is 12.5 Å². The molecule has 1 aliphatic heterocycles. The summed E-state index contributed by atoms with van der Waals surface area (Å²) in [6.07, 6.45) is 1.48. The van der Waals surface area contributed by atoms with Crippen LogP contribution < -0.4 is 0 Å². The number of hydrogen-bond acceptors (Lipinski definition) is 2. The summed E-state index contributed by atoms with van der Waals surface area (Å²) in [4.78, 5) is 2.25. The molecule has 1 saturated heterocycles. The van der Waals surface area contributed by atoms with Crippen molar-refractivity contribution in [3.8, 4) is 0 Å². The summed E-state index contributed by atoms with van der Waals surface area (Å²) >= 11 is 0. The van der Waals surface area contributed by atoms with E-state index in [0.717, 1.165) is 13.2 Å². The molecule has 1 aromatic carbocycles. The molecule has 0 aliphatic carbocycles. The monoisotopic (exact) mass is 205 g/mol. The van der Waals surface area contributed by atoms with Crippen LogP contribution in [0.1, 0.15) is 18.1 Å². The molecule has 2 rings (SSSR count). The first-order valence-electron chi connectivity index (χ1n) is 5.58. The maximum absolute atomic E-state index is 5.83. The zero-order valence-electron chi connectivity index (χ0n) is 9.52. The van der Waals surface area contributed by atoms with Gasteiger partial charge in [-0.15, -0.1) is 0 Å². The van der Waals surface area contributed by atoms with Crippen molar-refractivity contribution in [3.63, 3.8) is 0 Å². The topological polar surface area (TPSA) is 12.5 Å². The SMILES string of the molecule is CN(C)C[C@H]1CCOC1c1ccccc1. The van der Waals surface area contributed by atoms with E-state index in [1.807, 2.05) is 0 Å². The van der Waals surface area contributed by atoms with Crippen molar-refractivity contribution in [1.29, 1.82) is 0 Å². The van der Waals surface area contributed by atoms with Crippen molar-refractivity contribution in [3.05, 3.63) is 35.9 Å². The number of ether oxygens (including phenoxy) is 1. The van der Waals surface area contributed by atoms with Crippen molar-refractivity contribution < 1.29 is 4.74 Å². The third-order valence-corrected chi connectivity index (χ3v) is 2.94. The van der Waals surface area contributed by atoms with Gasteiger partial charge in [0, 0.05) is 19.1 Å². The van der Waals surface area contributed by atoms with Crippen LogP contribution in [-0.4, -0.2) is 32.1 Å². The fourth-order valence-electron chi connectivity index (χ4n) is 2.30. The highest BCUT2D eigenvalue weighted by atomic mass is 16.5. The second-order valence-corrected chi connectivity index (χ2v) is 4.51. The minimum Gasteiger partial charge on any atom is -0.373 e. The van der Waals surface area contributed by atoms with Gasteiger partial charge in [0.15, 0.2) is 0 Å². The Hall–Kier alpha value is -0.860. The predicted octanol–water partition coefficient (Wildman–Crippen LogP) is 2.33. The van der Waals surface area contributed by atoms with Gasteiger partial charge in [-0.3, -0.25) is 0 Å². The van der Waals surface area contributed by atoms with E-state index in [4.69, 9.17) is 4.74 Å². The van der Waals surface area contributed by atoms with Crippen LogP contribution in [-0.2, 0) is 4.74 Å². The van der Waals surface area contributed by atoms with Gasteiger partial charge in [-0.05, 0) is 26.1 Å². The van der Waals surface area contributed by atoms with E-state index in [2.05, 4.69) is 49.3 Å². The lowest BCUT2D eigenvalue weighted by Crippen LogP contribution is -2.23. The summed E-state index contributed by atoms with van der Waals surface area (Å²) < 4.78 is 5.83. The van der Waals surface area contributed by atoms with E-state index in [9.17, 15) is 0 Å². The molecule has 0 aromatic heterocycles. The van der Waals surface area contributed by atoms with Crippen LogP contribution in [0, 0.1) is 5.92 Å². The van der Waals surface area contributed by atoms with Crippen molar-refractivity contribution in [2.24, 2.45) is 5.92 Å². The lowest BCUT2D eigenvalue weighted by molar-refractivity contribution is 0.0837. The maximum Gasteiger partial charge on any atom is 0.0866 e. The average molecular weight is 205 g/mol. The molecule has 1 aromatic rings. The van der Waals surface area contributed by atoms with Crippen LogP contribution in [0.3, 0.4) is 0 Å². The third kappa shape index (κ3) is 2.58. The Bertz CT molecular complexity index is 297. The smallest absolute Gasteiger partial charge is 0.0866 e. The van der Waals surface area contributed by atoms with Gasteiger partial charge in [0.05, 0.1) is 6.10 Å². The lowest BCUT2D eigenvalue weighted by Gasteiger charge is -2.22. The first-order valence-corrected chi connectivity index (χ1v) is 5.58. The predicted molar refractivity (Wildman–Crippen MR) is 61.8 cm³/mol. The molecule has 1 unspecified atom stereocenters. The molecule has 0 spiro atoms. The second-order valence-electron chi connectivity index (χ2n) is 4.51. The highest BCUT2D eigenvalue weighted by molar-refractivity contribution is 5.19. The molecule has 15 heavy (non-hydrogen) atoms. The number of nitrogens with zero attached hydrogens (tertiary/aromatic N) is 1. The van der Waals surface area contributed by atoms with Gasteiger partial charge in [0.25, 0.3) is 0 Å². The molecule has 0 amide bonds. The van der Waals surface area contributed by atoms with Crippen LogP contribution >= 0.6 is 0 Å². The van der Waals surface area contributed by atoms with Gasteiger partial charge >= 0.3 is 0 Å². The van der Waals surface area contributed by atoms with Crippen LogP contribution in [0.15, 0.2) is 30.3 Å². The molecule has 1 fully saturated rings. The Balaban J connectivity index is 2.08. The molecular weight excluding hydrogens is 186 g/mol. The Kier molecular flexibility index (Phi) is 3.39. The van der Waals surface area contributed by atoms with Gasteiger partial charge in [-0.1, -0.05) is 30.3 Å². The molecule has 1 aliphatic rings. The van der Waals surface area contributed by atoms with E-state index >= 15 is 0 Å². The summed E-state index contributed by atoms with van der Waals surface area (Å²) in [6.45, 7) is 2.01. The zero-order chi connectivity index (χ0) is 10.7. The molecule has 2 nitrogen and oxygen atoms in total. The molecule has 0 bridgehead atoms. The Morgan fingerprint density at radius 2 is 2.00 bits per heavy atom. The van der Waals surface area contributed by atoms with Crippen molar-refractivity contribution in [1.82, 2.24) is 4.90 Å². The molecule has 0 radical (unpaired) electrons. The van der Waals surface area contributed by atoms with Gasteiger partial charge in [-0.2, -0.15) is 0 Å². The van der Waals surface area contributed by atoms with E-state index < -0.39 is 0 Å². The zero-order valence-corrected chi connectivity index (χ0v) is 9.52. The normalized spacial score (nSPS) is 26.1. The summed E-state index contributed by atoms with van der Waals surface area (Å²) in [5, 5.41) is 0. The maximum atomic E-state index is 5.83. The highest BCUT2D eigenvalue weighted by Crippen LogP contribution is 2.34. The molecule has 2 atom stereocenters. The van der Waals surface area contributed by atoms with Gasteiger partial charge in [-0.25, -0.2) is 0 Å². The molecule has 0 N–H and O–H groups in total. The van der Waals surface area contributed by atoms with Crippen LogP contribution in [0.2, 0.25) is 0 Å².